The van der Waals surface area contributed by atoms with E-state index in [1.165, 1.54) is 5.56 Å². The lowest BCUT2D eigenvalue weighted by molar-refractivity contribution is 0.0230. The number of ether oxygens (including phenoxy) is 1. The summed E-state index contributed by atoms with van der Waals surface area (Å²) < 4.78 is 5.61. The molecule has 2 aliphatic rings. The summed E-state index contributed by atoms with van der Waals surface area (Å²) in [5.41, 5.74) is 2.51. The minimum absolute atomic E-state index is 0.455. The van der Waals surface area contributed by atoms with E-state index in [2.05, 4.69) is 39.2 Å². The molecule has 0 radical (unpaired) electrons. The maximum Gasteiger partial charge on any atom is 0.185 e. The maximum atomic E-state index is 6.13. The van der Waals surface area contributed by atoms with Crippen molar-refractivity contribution in [2.75, 3.05) is 44.3 Å². The van der Waals surface area contributed by atoms with Crippen LogP contribution in [0.2, 0.25) is 5.02 Å². The molecular weight excluding hydrogens is 366 g/mol. The van der Waals surface area contributed by atoms with Crippen LogP contribution in [0, 0.1) is 12.8 Å². The zero-order chi connectivity index (χ0) is 17.9. The van der Waals surface area contributed by atoms with Gasteiger partial charge in [-0.15, -0.1) is 11.3 Å². The van der Waals surface area contributed by atoms with Gasteiger partial charge in [-0.1, -0.05) is 23.7 Å². The highest BCUT2D eigenvalue weighted by Gasteiger charge is 2.32. The summed E-state index contributed by atoms with van der Waals surface area (Å²) in [7, 11) is 0. The highest BCUT2D eigenvalue weighted by Crippen LogP contribution is 2.36. The van der Waals surface area contributed by atoms with Crippen molar-refractivity contribution in [3.8, 4) is 0 Å². The van der Waals surface area contributed by atoms with Gasteiger partial charge in [0.2, 0.25) is 0 Å². The molecule has 1 aromatic carbocycles. The Balaban J connectivity index is 1.50. The number of aryl methyl sites for hydroxylation is 1. The van der Waals surface area contributed by atoms with E-state index < -0.39 is 0 Å². The molecule has 6 heteroatoms. The number of hydrogen-bond acceptors (Lipinski definition) is 5. The van der Waals surface area contributed by atoms with E-state index >= 15 is 0 Å². The zero-order valence-electron chi connectivity index (χ0n) is 15.2. The summed E-state index contributed by atoms with van der Waals surface area (Å²) >= 11 is 7.89. The van der Waals surface area contributed by atoms with Gasteiger partial charge in [-0.3, -0.25) is 4.90 Å². The van der Waals surface area contributed by atoms with Crippen molar-refractivity contribution in [2.24, 2.45) is 5.92 Å². The monoisotopic (exact) mass is 391 g/mol. The van der Waals surface area contributed by atoms with E-state index in [0.29, 0.717) is 12.0 Å². The average Bonchev–Trinajstić information content (AvgIpc) is 3.11. The molecule has 1 aromatic heterocycles. The number of rotatable bonds is 4. The van der Waals surface area contributed by atoms with Crippen LogP contribution < -0.4 is 4.90 Å². The van der Waals surface area contributed by atoms with Gasteiger partial charge in [0.1, 0.15) is 0 Å². The summed E-state index contributed by atoms with van der Waals surface area (Å²) in [6.45, 7) is 8.06. The molecule has 26 heavy (non-hydrogen) atoms. The molecule has 2 aromatic rings. The highest BCUT2D eigenvalue weighted by molar-refractivity contribution is 7.13. The van der Waals surface area contributed by atoms with Crippen LogP contribution in [0.3, 0.4) is 0 Å². The van der Waals surface area contributed by atoms with E-state index in [9.17, 15) is 0 Å². The highest BCUT2D eigenvalue weighted by atomic mass is 35.5. The zero-order valence-corrected chi connectivity index (χ0v) is 16.8. The molecule has 4 rings (SSSR count). The molecule has 0 aliphatic carbocycles. The van der Waals surface area contributed by atoms with Gasteiger partial charge < -0.3 is 9.64 Å². The van der Waals surface area contributed by atoms with Gasteiger partial charge in [-0.25, -0.2) is 4.98 Å². The van der Waals surface area contributed by atoms with Crippen molar-refractivity contribution in [1.29, 1.82) is 0 Å². The molecule has 1 atom stereocenters. The largest absolute Gasteiger partial charge is 0.381 e. The molecule has 3 heterocycles. The van der Waals surface area contributed by atoms with Gasteiger partial charge in [-0.05, 0) is 43.4 Å². The number of hydrogen-bond donors (Lipinski definition) is 0. The lowest BCUT2D eigenvalue weighted by atomic mass is 9.85. The summed E-state index contributed by atoms with van der Waals surface area (Å²) in [5.74, 6) is 0.651. The van der Waals surface area contributed by atoms with Crippen molar-refractivity contribution in [2.45, 2.75) is 25.8 Å². The fourth-order valence-corrected chi connectivity index (χ4v) is 5.13. The van der Waals surface area contributed by atoms with Crippen LogP contribution in [-0.4, -0.2) is 49.3 Å². The van der Waals surface area contributed by atoms with Gasteiger partial charge >= 0.3 is 0 Å². The fraction of sp³-hybridized carbons (Fsp3) is 0.550. The Morgan fingerprint density at radius 3 is 2.42 bits per heavy atom. The number of nitrogens with zero attached hydrogens (tertiary/aromatic N) is 3. The Hall–Kier alpha value is -1.14. The molecule has 2 aliphatic heterocycles. The maximum absolute atomic E-state index is 6.13. The smallest absolute Gasteiger partial charge is 0.185 e. The van der Waals surface area contributed by atoms with E-state index in [4.69, 9.17) is 16.3 Å². The third kappa shape index (κ3) is 4.06. The number of aromatic nitrogens is 1. The standard InChI is InChI=1S/C20H26ClN3OS/c1-15-14-26-20(22-15)24-10-8-23(9-11-24)19(17-6-12-25-13-7-17)16-2-4-18(21)5-3-16/h2-5,14,17,19H,6-13H2,1H3/t19-/m1/s1. The number of benzene rings is 1. The lowest BCUT2D eigenvalue weighted by Crippen LogP contribution is -2.49. The lowest BCUT2D eigenvalue weighted by Gasteiger charge is -2.43. The topological polar surface area (TPSA) is 28.6 Å². The number of halogens is 1. The van der Waals surface area contributed by atoms with E-state index in [-0.39, 0.29) is 0 Å². The van der Waals surface area contributed by atoms with E-state index in [1.807, 2.05) is 12.1 Å². The average molecular weight is 392 g/mol. The first-order valence-electron chi connectivity index (χ1n) is 9.45. The van der Waals surface area contributed by atoms with Crippen LogP contribution >= 0.6 is 22.9 Å². The fourth-order valence-electron chi connectivity index (χ4n) is 4.15. The molecule has 0 N–H and O–H groups in total. The molecular formula is C20H26ClN3OS. The van der Waals surface area contributed by atoms with Gasteiger partial charge in [0.15, 0.2) is 5.13 Å². The SMILES string of the molecule is Cc1csc(N2CCN([C@H](c3ccc(Cl)cc3)C3CCOCC3)CC2)n1. The third-order valence-electron chi connectivity index (χ3n) is 5.51. The molecule has 2 fully saturated rings. The van der Waals surface area contributed by atoms with Crippen molar-refractivity contribution in [3.63, 3.8) is 0 Å². The van der Waals surface area contributed by atoms with Crippen LogP contribution in [-0.2, 0) is 4.74 Å². The second-order valence-electron chi connectivity index (χ2n) is 7.24. The van der Waals surface area contributed by atoms with Crippen molar-refractivity contribution < 1.29 is 4.74 Å². The Bertz CT molecular complexity index is 706. The predicted octanol–water partition coefficient (Wildman–Crippen LogP) is 4.39. The molecule has 4 nitrogen and oxygen atoms in total. The minimum Gasteiger partial charge on any atom is -0.381 e. The second-order valence-corrected chi connectivity index (χ2v) is 8.51. The van der Waals surface area contributed by atoms with Gasteiger partial charge in [-0.2, -0.15) is 0 Å². The number of anilines is 1. The first kappa shape index (κ1) is 18.2. The van der Waals surface area contributed by atoms with Gasteiger partial charge in [0.25, 0.3) is 0 Å². The van der Waals surface area contributed by atoms with Crippen LogP contribution in [0.1, 0.15) is 30.1 Å². The number of piperazine rings is 1. The summed E-state index contributed by atoms with van der Waals surface area (Å²) in [4.78, 5) is 9.75. The van der Waals surface area contributed by atoms with E-state index in [0.717, 1.165) is 68.1 Å². The van der Waals surface area contributed by atoms with Gasteiger partial charge in [0.05, 0.1) is 5.69 Å². The van der Waals surface area contributed by atoms with Crippen LogP contribution in [0.5, 0.6) is 0 Å². The summed E-state index contributed by atoms with van der Waals surface area (Å²) in [6, 6.07) is 8.92. The molecule has 140 valence electrons. The Kier molecular flexibility index (Phi) is 5.79. The number of thiazole rings is 1. The van der Waals surface area contributed by atoms with Gasteiger partial charge in [0, 0.05) is 55.8 Å². The minimum atomic E-state index is 0.455. The molecule has 0 bridgehead atoms. The molecule has 2 saturated heterocycles. The first-order valence-corrected chi connectivity index (χ1v) is 10.7. The predicted molar refractivity (Wildman–Crippen MR) is 108 cm³/mol. The summed E-state index contributed by atoms with van der Waals surface area (Å²) in [6.07, 6.45) is 2.28. The van der Waals surface area contributed by atoms with Crippen molar-refractivity contribution in [1.82, 2.24) is 9.88 Å². The molecule has 0 amide bonds. The van der Waals surface area contributed by atoms with E-state index in [1.54, 1.807) is 11.3 Å². The van der Waals surface area contributed by atoms with Crippen LogP contribution in [0.4, 0.5) is 5.13 Å². The second kappa shape index (κ2) is 8.26. The molecule has 0 saturated carbocycles. The quantitative estimate of drug-likeness (QED) is 0.772. The van der Waals surface area contributed by atoms with Crippen molar-refractivity contribution in [3.05, 3.63) is 45.9 Å². The molecule has 0 spiro atoms. The normalized spacial score (nSPS) is 21.1. The Morgan fingerprint density at radius 1 is 1.12 bits per heavy atom. The first-order chi connectivity index (χ1) is 12.7. The van der Waals surface area contributed by atoms with Crippen molar-refractivity contribution >= 4 is 28.1 Å². The van der Waals surface area contributed by atoms with Crippen LogP contribution in [0.25, 0.3) is 0 Å². The third-order valence-corrected chi connectivity index (χ3v) is 6.78. The molecule has 0 unspecified atom stereocenters. The Morgan fingerprint density at radius 2 is 1.81 bits per heavy atom. The van der Waals surface area contributed by atoms with Crippen LogP contribution in [0.15, 0.2) is 29.6 Å². The summed E-state index contributed by atoms with van der Waals surface area (Å²) in [5, 5.41) is 4.11. The Labute approximate surface area is 164 Å².